The van der Waals surface area contributed by atoms with Crippen molar-refractivity contribution < 1.29 is 4.74 Å². The van der Waals surface area contributed by atoms with Gasteiger partial charge in [0.1, 0.15) is 11.1 Å². The van der Waals surface area contributed by atoms with Gasteiger partial charge < -0.3 is 4.74 Å². The van der Waals surface area contributed by atoms with Crippen LogP contribution in [0.3, 0.4) is 0 Å². The summed E-state index contributed by atoms with van der Waals surface area (Å²) in [5.41, 5.74) is 3.19. The summed E-state index contributed by atoms with van der Waals surface area (Å²) < 4.78 is 8.72. The lowest BCUT2D eigenvalue weighted by atomic mass is 10.1. The summed E-state index contributed by atoms with van der Waals surface area (Å²) in [5, 5.41) is 5.74. The van der Waals surface area contributed by atoms with Gasteiger partial charge in [-0.3, -0.25) is 0 Å². The standard InChI is InChI=1S/C15H14BrN3OS/c1-9-13(10-4-6-11(16)7-5-10)17-15-19(9)18-14(21-15)12-3-2-8-20-12/h4-7,12H,2-3,8H2,1H3. The molecule has 0 bridgehead atoms. The first-order valence-corrected chi connectivity index (χ1v) is 8.57. The Morgan fingerprint density at radius 3 is 2.81 bits per heavy atom. The monoisotopic (exact) mass is 363 g/mol. The molecule has 4 rings (SSSR count). The minimum absolute atomic E-state index is 0.159. The third-order valence-corrected chi connectivity index (χ3v) is 5.30. The van der Waals surface area contributed by atoms with Crippen LogP contribution in [0.5, 0.6) is 0 Å². The Kier molecular flexibility index (Phi) is 3.32. The Hall–Kier alpha value is -1.24. The molecular formula is C15H14BrN3OS. The lowest BCUT2D eigenvalue weighted by molar-refractivity contribution is 0.111. The quantitative estimate of drug-likeness (QED) is 0.678. The van der Waals surface area contributed by atoms with Crippen molar-refractivity contribution in [3.63, 3.8) is 0 Å². The summed E-state index contributed by atoms with van der Waals surface area (Å²) in [6.07, 6.45) is 2.34. The first-order chi connectivity index (χ1) is 10.2. The summed E-state index contributed by atoms with van der Waals surface area (Å²) in [4.78, 5) is 5.69. The van der Waals surface area contributed by atoms with Gasteiger partial charge in [-0.25, -0.2) is 9.50 Å². The summed E-state index contributed by atoms with van der Waals surface area (Å²) in [6.45, 7) is 2.91. The molecule has 1 saturated heterocycles. The molecule has 21 heavy (non-hydrogen) atoms. The summed E-state index contributed by atoms with van der Waals surface area (Å²) in [5.74, 6) is 0. The zero-order valence-electron chi connectivity index (χ0n) is 11.5. The second-order valence-electron chi connectivity index (χ2n) is 5.19. The second kappa shape index (κ2) is 5.19. The molecule has 0 spiro atoms. The van der Waals surface area contributed by atoms with E-state index in [0.29, 0.717) is 0 Å². The molecule has 0 aliphatic carbocycles. The molecular weight excluding hydrogens is 350 g/mol. The van der Waals surface area contributed by atoms with Gasteiger partial charge in [0, 0.05) is 16.6 Å². The summed E-state index contributed by atoms with van der Waals surface area (Å²) >= 11 is 5.09. The number of ether oxygens (including phenoxy) is 1. The number of imidazole rings is 1. The highest BCUT2D eigenvalue weighted by atomic mass is 79.9. The number of benzene rings is 1. The highest BCUT2D eigenvalue weighted by Crippen LogP contribution is 2.33. The average Bonchev–Trinajstić information content (AvgIpc) is 3.18. The average molecular weight is 364 g/mol. The normalized spacial score (nSPS) is 18.7. The van der Waals surface area contributed by atoms with E-state index in [2.05, 4.69) is 35.0 Å². The zero-order valence-corrected chi connectivity index (χ0v) is 13.9. The number of aryl methyl sites for hydroxylation is 1. The number of halogens is 1. The molecule has 1 aliphatic rings. The van der Waals surface area contributed by atoms with E-state index in [4.69, 9.17) is 14.8 Å². The summed E-state index contributed by atoms with van der Waals surface area (Å²) in [6, 6.07) is 8.22. The minimum atomic E-state index is 0.159. The van der Waals surface area contributed by atoms with Crippen LogP contribution in [-0.4, -0.2) is 21.2 Å². The fourth-order valence-electron chi connectivity index (χ4n) is 2.65. The number of rotatable bonds is 2. The lowest BCUT2D eigenvalue weighted by Crippen LogP contribution is -1.97. The number of hydrogen-bond acceptors (Lipinski definition) is 4. The molecule has 4 nitrogen and oxygen atoms in total. The molecule has 0 amide bonds. The molecule has 6 heteroatoms. The maximum atomic E-state index is 5.71. The predicted molar refractivity (Wildman–Crippen MR) is 86.7 cm³/mol. The summed E-state index contributed by atoms with van der Waals surface area (Å²) in [7, 11) is 0. The second-order valence-corrected chi connectivity index (χ2v) is 7.09. The van der Waals surface area contributed by atoms with E-state index in [1.54, 1.807) is 11.3 Å². The number of fused-ring (bicyclic) bond motifs is 1. The molecule has 1 unspecified atom stereocenters. The number of hydrogen-bond donors (Lipinski definition) is 0. The van der Waals surface area contributed by atoms with Gasteiger partial charge in [-0.2, -0.15) is 5.10 Å². The van der Waals surface area contributed by atoms with Crippen LogP contribution in [0, 0.1) is 6.92 Å². The maximum Gasteiger partial charge on any atom is 0.213 e. The largest absolute Gasteiger partial charge is 0.371 e. The van der Waals surface area contributed by atoms with Crippen molar-refractivity contribution in [2.75, 3.05) is 6.61 Å². The third kappa shape index (κ3) is 2.31. The fourth-order valence-corrected chi connectivity index (χ4v) is 3.94. The van der Waals surface area contributed by atoms with Gasteiger partial charge in [0.05, 0.1) is 11.4 Å². The van der Waals surface area contributed by atoms with Gasteiger partial charge in [-0.1, -0.05) is 39.4 Å². The molecule has 1 atom stereocenters. The Bertz CT molecular complexity index is 787. The Labute approximate surface area is 134 Å². The van der Waals surface area contributed by atoms with Crippen molar-refractivity contribution in [1.82, 2.24) is 14.6 Å². The van der Waals surface area contributed by atoms with E-state index in [1.807, 2.05) is 16.6 Å². The van der Waals surface area contributed by atoms with Gasteiger partial charge in [-0.15, -0.1) is 0 Å². The third-order valence-electron chi connectivity index (χ3n) is 3.77. The van der Waals surface area contributed by atoms with Crippen LogP contribution in [0.25, 0.3) is 16.2 Å². The van der Waals surface area contributed by atoms with Crippen molar-refractivity contribution in [3.8, 4) is 11.3 Å². The van der Waals surface area contributed by atoms with Crippen molar-refractivity contribution in [3.05, 3.63) is 39.4 Å². The van der Waals surface area contributed by atoms with Crippen LogP contribution < -0.4 is 0 Å². The van der Waals surface area contributed by atoms with Gasteiger partial charge in [-0.05, 0) is 31.9 Å². The molecule has 0 radical (unpaired) electrons. The van der Waals surface area contributed by atoms with Crippen LogP contribution in [0.2, 0.25) is 0 Å². The van der Waals surface area contributed by atoms with E-state index >= 15 is 0 Å². The van der Waals surface area contributed by atoms with Gasteiger partial charge in [0.25, 0.3) is 0 Å². The Morgan fingerprint density at radius 1 is 1.33 bits per heavy atom. The Morgan fingerprint density at radius 2 is 2.14 bits per heavy atom. The van der Waals surface area contributed by atoms with E-state index < -0.39 is 0 Å². The first-order valence-electron chi connectivity index (χ1n) is 6.96. The van der Waals surface area contributed by atoms with Crippen molar-refractivity contribution >= 4 is 32.2 Å². The van der Waals surface area contributed by atoms with E-state index in [9.17, 15) is 0 Å². The molecule has 1 aromatic carbocycles. The van der Waals surface area contributed by atoms with Gasteiger partial charge >= 0.3 is 0 Å². The first kappa shape index (κ1) is 13.4. The minimum Gasteiger partial charge on any atom is -0.371 e. The fraction of sp³-hybridized carbons (Fsp3) is 0.333. The lowest BCUT2D eigenvalue weighted by Gasteiger charge is -2.03. The molecule has 3 heterocycles. The van der Waals surface area contributed by atoms with Crippen molar-refractivity contribution in [2.45, 2.75) is 25.9 Å². The molecule has 0 saturated carbocycles. The molecule has 1 fully saturated rings. The predicted octanol–water partition coefficient (Wildman–Crippen LogP) is 4.38. The molecule has 108 valence electrons. The van der Waals surface area contributed by atoms with Crippen LogP contribution in [0.1, 0.15) is 29.6 Å². The smallest absolute Gasteiger partial charge is 0.213 e. The molecule has 0 N–H and O–H groups in total. The zero-order chi connectivity index (χ0) is 14.4. The van der Waals surface area contributed by atoms with Crippen LogP contribution in [0.15, 0.2) is 28.7 Å². The van der Waals surface area contributed by atoms with Crippen LogP contribution in [0.4, 0.5) is 0 Å². The van der Waals surface area contributed by atoms with E-state index in [-0.39, 0.29) is 6.10 Å². The van der Waals surface area contributed by atoms with Gasteiger partial charge in [0.15, 0.2) is 0 Å². The molecule has 3 aromatic rings. The molecule has 1 aliphatic heterocycles. The number of nitrogens with zero attached hydrogens (tertiary/aromatic N) is 3. The SMILES string of the molecule is Cc1c(-c2ccc(Br)cc2)nc2sc(C3CCCO3)nn12. The Balaban J connectivity index is 1.76. The highest BCUT2D eigenvalue weighted by Gasteiger charge is 2.23. The highest BCUT2D eigenvalue weighted by molar-refractivity contribution is 9.10. The van der Waals surface area contributed by atoms with Crippen LogP contribution in [-0.2, 0) is 4.74 Å². The van der Waals surface area contributed by atoms with Crippen molar-refractivity contribution in [2.24, 2.45) is 0 Å². The van der Waals surface area contributed by atoms with Crippen molar-refractivity contribution in [1.29, 1.82) is 0 Å². The van der Waals surface area contributed by atoms with E-state index in [1.165, 1.54) is 0 Å². The van der Waals surface area contributed by atoms with E-state index in [0.717, 1.165) is 50.8 Å². The number of aromatic nitrogens is 3. The maximum absolute atomic E-state index is 5.71. The molecule has 2 aromatic heterocycles. The van der Waals surface area contributed by atoms with Gasteiger partial charge in [0.2, 0.25) is 4.96 Å². The van der Waals surface area contributed by atoms with Crippen LogP contribution >= 0.6 is 27.3 Å². The topological polar surface area (TPSA) is 39.4 Å².